The van der Waals surface area contributed by atoms with Crippen LogP contribution in [0.1, 0.15) is 47.3 Å². The molecule has 6 nitrogen and oxygen atoms in total. The quantitative estimate of drug-likeness (QED) is 0.844. The normalized spacial score (nSPS) is 17.8. The van der Waals surface area contributed by atoms with Gasteiger partial charge in [-0.1, -0.05) is 6.92 Å². The summed E-state index contributed by atoms with van der Waals surface area (Å²) in [6.45, 7) is 2.84. The molecule has 1 aliphatic rings. The Balaban J connectivity index is 1.75. The summed E-state index contributed by atoms with van der Waals surface area (Å²) in [5.41, 5.74) is 1.30. The third-order valence-electron chi connectivity index (χ3n) is 4.04. The average molecular weight is 321 g/mol. The van der Waals surface area contributed by atoms with Crippen molar-refractivity contribution in [3.63, 3.8) is 0 Å². The van der Waals surface area contributed by atoms with Crippen LogP contribution in [0.2, 0.25) is 0 Å². The van der Waals surface area contributed by atoms with E-state index in [-0.39, 0.29) is 0 Å². The first-order valence-corrected chi connectivity index (χ1v) is 8.58. The Hall–Kier alpha value is -1.47. The van der Waals surface area contributed by atoms with Gasteiger partial charge in [0.05, 0.1) is 17.2 Å². The van der Waals surface area contributed by atoms with Crippen molar-refractivity contribution in [2.45, 2.75) is 45.2 Å². The first kappa shape index (κ1) is 15.4. The molecule has 2 aromatic rings. The molecular weight excluding hydrogens is 298 g/mol. The summed E-state index contributed by atoms with van der Waals surface area (Å²) in [5, 5.41) is 5.23. The Labute approximate surface area is 135 Å². The van der Waals surface area contributed by atoms with Gasteiger partial charge >= 0.3 is 0 Å². The number of hydrogen-bond donors (Lipinski definition) is 0. The summed E-state index contributed by atoms with van der Waals surface area (Å²) >= 11 is 1.86. The molecule has 1 unspecified atom stereocenters. The number of aromatic nitrogens is 3. The van der Waals surface area contributed by atoms with Gasteiger partial charge in [-0.25, -0.2) is 4.98 Å². The Morgan fingerprint density at radius 3 is 2.77 bits per heavy atom. The monoisotopic (exact) mass is 321 g/mol. The second-order valence-electron chi connectivity index (χ2n) is 5.98. The SMILES string of the molecule is CCc1nc2c(s1)C(N(C)Cc1nc(N(C)C)no1)CCC2. The predicted molar refractivity (Wildman–Crippen MR) is 87.3 cm³/mol. The number of thiazole rings is 1. The van der Waals surface area contributed by atoms with Crippen molar-refractivity contribution in [2.75, 3.05) is 26.0 Å². The van der Waals surface area contributed by atoms with Crippen LogP contribution in [-0.4, -0.2) is 41.2 Å². The first-order chi connectivity index (χ1) is 10.6. The fourth-order valence-corrected chi connectivity index (χ4v) is 4.09. The van der Waals surface area contributed by atoms with E-state index in [1.807, 2.05) is 30.3 Å². The van der Waals surface area contributed by atoms with Gasteiger partial charge in [0.25, 0.3) is 5.95 Å². The van der Waals surface area contributed by atoms with Crippen molar-refractivity contribution < 1.29 is 4.52 Å². The van der Waals surface area contributed by atoms with E-state index in [1.54, 1.807) is 0 Å². The average Bonchev–Trinajstić information content (AvgIpc) is 3.12. The highest BCUT2D eigenvalue weighted by Crippen LogP contribution is 2.38. The summed E-state index contributed by atoms with van der Waals surface area (Å²) in [6.07, 6.45) is 4.50. The number of nitrogens with zero attached hydrogens (tertiary/aromatic N) is 5. The molecule has 1 aliphatic carbocycles. The number of rotatable bonds is 5. The molecule has 2 aromatic heterocycles. The minimum absolute atomic E-state index is 0.413. The Kier molecular flexibility index (Phi) is 4.44. The Morgan fingerprint density at radius 1 is 1.27 bits per heavy atom. The van der Waals surface area contributed by atoms with Gasteiger partial charge < -0.3 is 9.42 Å². The maximum Gasteiger partial charge on any atom is 0.265 e. The van der Waals surface area contributed by atoms with E-state index in [1.165, 1.54) is 28.4 Å². The van der Waals surface area contributed by atoms with Crippen LogP contribution in [0, 0.1) is 0 Å². The molecule has 2 heterocycles. The van der Waals surface area contributed by atoms with Crippen molar-refractivity contribution in [1.82, 2.24) is 20.0 Å². The van der Waals surface area contributed by atoms with E-state index in [0.29, 0.717) is 24.4 Å². The number of aryl methyl sites for hydroxylation is 2. The van der Waals surface area contributed by atoms with Crippen LogP contribution in [-0.2, 0) is 19.4 Å². The van der Waals surface area contributed by atoms with Crippen LogP contribution < -0.4 is 4.90 Å². The van der Waals surface area contributed by atoms with Crippen molar-refractivity contribution in [3.8, 4) is 0 Å². The summed E-state index contributed by atoms with van der Waals surface area (Å²) in [5.74, 6) is 1.29. The van der Waals surface area contributed by atoms with Crippen molar-refractivity contribution in [1.29, 1.82) is 0 Å². The van der Waals surface area contributed by atoms with E-state index in [0.717, 1.165) is 12.8 Å². The second-order valence-corrected chi connectivity index (χ2v) is 7.09. The summed E-state index contributed by atoms with van der Waals surface area (Å²) in [4.78, 5) is 14.8. The van der Waals surface area contributed by atoms with Crippen molar-refractivity contribution in [2.24, 2.45) is 0 Å². The van der Waals surface area contributed by atoms with Crippen LogP contribution >= 0.6 is 11.3 Å². The van der Waals surface area contributed by atoms with Crippen LogP contribution in [0.15, 0.2) is 4.52 Å². The molecule has 120 valence electrons. The van der Waals surface area contributed by atoms with Gasteiger partial charge in [0.1, 0.15) is 0 Å². The molecule has 0 amide bonds. The van der Waals surface area contributed by atoms with E-state index in [2.05, 4.69) is 29.0 Å². The summed E-state index contributed by atoms with van der Waals surface area (Å²) in [6, 6.07) is 0.413. The lowest BCUT2D eigenvalue weighted by atomic mass is 9.97. The second kappa shape index (κ2) is 6.34. The largest absolute Gasteiger partial charge is 0.344 e. The molecule has 7 heteroatoms. The molecule has 0 N–H and O–H groups in total. The molecule has 0 saturated heterocycles. The molecule has 1 atom stereocenters. The summed E-state index contributed by atoms with van der Waals surface area (Å²) in [7, 11) is 5.95. The molecule has 0 aliphatic heterocycles. The Morgan fingerprint density at radius 2 is 2.09 bits per heavy atom. The number of hydrogen-bond acceptors (Lipinski definition) is 7. The fraction of sp³-hybridized carbons (Fsp3) is 0.667. The van der Waals surface area contributed by atoms with Gasteiger partial charge in [-0.2, -0.15) is 4.98 Å². The molecule has 0 aromatic carbocycles. The van der Waals surface area contributed by atoms with Crippen LogP contribution in [0.4, 0.5) is 5.95 Å². The molecule has 3 rings (SSSR count). The smallest absolute Gasteiger partial charge is 0.265 e. The van der Waals surface area contributed by atoms with Gasteiger partial charge in [-0.3, -0.25) is 4.90 Å². The van der Waals surface area contributed by atoms with E-state index in [9.17, 15) is 0 Å². The lowest BCUT2D eigenvalue weighted by Gasteiger charge is -2.29. The van der Waals surface area contributed by atoms with Crippen molar-refractivity contribution >= 4 is 17.3 Å². The topological polar surface area (TPSA) is 58.3 Å². The molecule has 22 heavy (non-hydrogen) atoms. The first-order valence-electron chi connectivity index (χ1n) is 7.77. The van der Waals surface area contributed by atoms with Gasteiger partial charge in [-0.05, 0) is 37.9 Å². The van der Waals surface area contributed by atoms with Gasteiger partial charge in [0.15, 0.2) is 0 Å². The molecule has 0 bridgehead atoms. The van der Waals surface area contributed by atoms with Gasteiger partial charge in [-0.15, -0.1) is 11.3 Å². The standard InChI is InChI=1S/C15H23N5OS/c1-5-13-16-10-7-6-8-11(14(10)22-13)20(4)9-12-17-15(18-21-12)19(2)3/h11H,5-9H2,1-4H3. The predicted octanol–water partition coefficient (Wildman–Crippen LogP) is 2.66. The fourth-order valence-electron chi connectivity index (χ4n) is 2.83. The molecule has 0 fully saturated rings. The molecule has 0 radical (unpaired) electrons. The maximum atomic E-state index is 5.35. The lowest BCUT2D eigenvalue weighted by Crippen LogP contribution is -2.26. The maximum absolute atomic E-state index is 5.35. The number of fused-ring (bicyclic) bond motifs is 1. The van der Waals surface area contributed by atoms with Crippen LogP contribution in [0.25, 0.3) is 0 Å². The van der Waals surface area contributed by atoms with E-state index >= 15 is 0 Å². The van der Waals surface area contributed by atoms with Crippen molar-refractivity contribution in [3.05, 3.63) is 21.5 Å². The zero-order chi connectivity index (χ0) is 15.7. The van der Waals surface area contributed by atoms with Gasteiger partial charge in [0, 0.05) is 25.0 Å². The highest BCUT2D eigenvalue weighted by Gasteiger charge is 2.28. The molecule has 0 spiro atoms. The minimum atomic E-state index is 0.413. The zero-order valence-corrected chi connectivity index (χ0v) is 14.5. The van der Waals surface area contributed by atoms with Crippen LogP contribution in [0.5, 0.6) is 0 Å². The number of anilines is 1. The zero-order valence-electron chi connectivity index (χ0n) is 13.7. The highest BCUT2D eigenvalue weighted by atomic mass is 32.1. The Bertz CT molecular complexity index is 636. The lowest BCUT2D eigenvalue weighted by molar-refractivity contribution is 0.189. The third kappa shape index (κ3) is 3.01. The summed E-state index contributed by atoms with van der Waals surface area (Å²) < 4.78 is 5.35. The highest BCUT2D eigenvalue weighted by molar-refractivity contribution is 7.11. The third-order valence-corrected chi connectivity index (χ3v) is 5.39. The molecule has 0 saturated carbocycles. The van der Waals surface area contributed by atoms with Gasteiger partial charge in [0.2, 0.25) is 5.89 Å². The van der Waals surface area contributed by atoms with E-state index in [4.69, 9.17) is 9.51 Å². The molecular formula is C15H23N5OS. The van der Waals surface area contributed by atoms with Crippen LogP contribution in [0.3, 0.4) is 0 Å². The van der Waals surface area contributed by atoms with E-state index < -0.39 is 0 Å². The minimum Gasteiger partial charge on any atom is -0.344 e.